The molecule has 0 atom stereocenters. The summed E-state index contributed by atoms with van der Waals surface area (Å²) in [7, 11) is -1.70. The summed E-state index contributed by atoms with van der Waals surface area (Å²) < 4.78 is 4.71. The first-order valence-corrected chi connectivity index (χ1v) is 4.56. The van der Waals surface area contributed by atoms with Crippen LogP contribution in [0.4, 0.5) is 0 Å². The van der Waals surface area contributed by atoms with Gasteiger partial charge in [-0.05, 0) is 43.0 Å². The Labute approximate surface area is 84.5 Å². The third-order valence-electron chi connectivity index (χ3n) is 2.56. The maximum atomic E-state index is 8.56. The monoisotopic (exact) mass is 194 g/mol. The molecule has 1 aromatic carbocycles. The lowest BCUT2D eigenvalue weighted by molar-refractivity contribution is 0.176. The minimum atomic E-state index is -1.70. The summed E-state index contributed by atoms with van der Waals surface area (Å²) in [6, 6.07) is 3.95. The van der Waals surface area contributed by atoms with Gasteiger partial charge in [0.25, 0.3) is 0 Å². The highest BCUT2D eigenvalue weighted by atomic mass is 16.6. The Kier molecular flexibility index (Phi) is 3.69. The van der Waals surface area contributed by atoms with E-state index in [9.17, 15) is 0 Å². The summed E-state index contributed by atoms with van der Waals surface area (Å²) in [6.07, 6.45) is 0. The van der Waals surface area contributed by atoms with Gasteiger partial charge in [-0.2, -0.15) is 0 Å². The van der Waals surface area contributed by atoms with Gasteiger partial charge >= 0.3 is 7.32 Å². The summed E-state index contributed by atoms with van der Waals surface area (Å²) in [5, 5.41) is 17.1. The van der Waals surface area contributed by atoms with Crippen molar-refractivity contribution < 1.29 is 14.7 Å². The minimum Gasteiger partial charge on any atom is -0.402 e. The fourth-order valence-corrected chi connectivity index (χ4v) is 1.33. The predicted octanol–water partition coefficient (Wildman–Crippen LogP) is 1.10. The van der Waals surface area contributed by atoms with Crippen LogP contribution in [0.25, 0.3) is 0 Å². The van der Waals surface area contributed by atoms with Crippen molar-refractivity contribution in [2.75, 3.05) is 0 Å². The maximum absolute atomic E-state index is 8.56. The Balaban J connectivity index is 2.83. The first-order valence-electron chi connectivity index (χ1n) is 4.56. The zero-order valence-electron chi connectivity index (χ0n) is 8.74. The van der Waals surface area contributed by atoms with Crippen molar-refractivity contribution in [2.45, 2.75) is 27.4 Å². The normalized spacial score (nSPS) is 10.4. The van der Waals surface area contributed by atoms with Crippen LogP contribution in [0.15, 0.2) is 12.1 Å². The molecule has 0 radical (unpaired) electrons. The molecule has 0 fully saturated rings. The van der Waals surface area contributed by atoms with Gasteiger partial charge in [-0.1, -0.05) is 12.1 Å². The molecule has 0 aliphatic heterocycles. The molecule has 1 aromatic rings. The minimum absolute atomic E-state index is 0.227. The number of benzene rings is 1. The molecule has 0 amide bonds. The molecule has 14 heavy (non-hydrogen) atoms. The average molecular weight is 194 g/mol. The van der Waals surface area contributed by atoms with Crippen molar-refractivity contribution in [1.82, 2.24) is 0 Å². The lowest BCUT2D eigenvalue weighted by Crippen LogP contribution is -2.16. The predicted molar refractivity (Wildman–Crippen MR) is 55.6 cm³/mol. The van der Waals surface area contributed by atoms with E-state index in [1.165, 1.54) is 11.1 Å². The van der Waals surface area contributed by atoms with E-state index in [0.29, 0.717) is 0 Å². The van der Waals surface area contributed by atoms with Gasteiger partial charge in [0.1, 0.15) is 0 Å². The topological polar surface area (TPSA) is 49.7 Å². The Bertz CT molecular complexity index is 323. The van der Waals surface area contributed by atoms with Crippen LogP contribution in [0, 0.1) is 20.8 Å². The molecule has 0 aliphatic rings. The molecule has 1 rings (SSSR count). The van der Waals surface area contributed by atoms with Gasteiger partial charge in [-0.15, -0.1) is 0 Å². The van der Waals surface area contributed by atoms with E-state index >= 15 is 0 Å². The molecule has 76 valence electrons. The van der Waals surface area contributed by atoms with E-state index in [4.69, 9.17) is 14.7 Å². The largest absolute Gasteiger partial charge is 0.634 e. The molecule has 4 heteroatoms. The van der Waals surface area contributed by atoms with Crippen molar-refractivity contribution in [2.24, 2.45) is 0 Å². The maximum Gasteiger partial charge on any atom is 0.634 e. The van der Waals surface area contributed by atoms with Gasteiger partial charge in [0.05, 0.1) is 6.61 Å². The third kappa shape index (κ3) is 2.58. The average Bonchev–Trinajstić information content (AvgIpc) is 2.13. The molecule has 2 N–H and O–H groups in total. The van der Waals surface area contributed by atoms with Gasteiger partial charge in [-0.25, -0.2) is 0 Å². The second-order valence-corrected chi connectivity index (χ2v) is 3.43. The zero-order chi connectivity index (χ0) is 10.7. The highest BCUT2D eigenvalue weighted by molar-refractivity contribution is 6.32. The Morgan fingerprint density at radius 1 is 1.14 bits per heavy atom. The fourth-order valence-electron chi connectivity index (χ4n) is 1.33. The van der Waals surface area contributed by atoms with Crippen molar-refractivity contribution in [1.29, 1.82) is 0 Å². The second-order valence-electron chi connectivity index (χ2n) is 3.43. The molecule has 3 nitrogen and oxygen atoms in total. The highest BCUT2D eigenvalue weighted by Gasteiger charge is 2.10. The first-order chi connectivity index (χ1) is 6.52. The second kappa shape index (κ2) is 4.60. The molecule has 0 heterocycles. The lowest BCUT2D eigenvalue weighted by Gasteiger charge is -2.11. The van der Waals surface area contributed by atoms with Crippen molar-refractivity contribution >= 4 is 7.32 Å². The van der Waals surface area contributed by atoms with Crippen LogP contribution in [-0.4, -0.2) is 17.4 Å². The number of aryl methyl sites for hydroxylation is 1. The van der Waals surface area contributed by atoms with Gasteiger partial charge in [-0.3, -0.25) is 0 Å². The van der Waals surface area contributed by atoms with Crippen LogP contribution in [0.5, 0.6) is 0 Å². The van der Waals surface area contributed by atoms with Crippen LogP contribution in [0.1, 0.15) is 22.3 Å². The van der Waals surface area contributed by atoms with Crippen LogP contribution >= 0.6 is 0 Å². The summed E-state index contributed by atoms with van der Waals surface area (Å²) in [4.78, 5) is 0. The van der Waals surface area contributed by atoms with Gasteiger partial charge < -0.3 is 14.7 Å². The van der Waals surface area contributed by atoms with Crippen molar-refractivity contribution in [3.05, 3.63) is 34.4 Å². The highest BCUT2D eigenvalue weighted by Crippen LogP contribution is 2.17. The van der Waals surface area contributed by atoms with E-state index in [-0.39, 0.29) is 6.61 Å². The first kappa shape index (κ1) is 11.2. The molecule has 0 aliphatic carbocycles. The van der Waals surface area contributed by atoms with E-state index in [1.54, 1.807) is 0 Å². The molecule has 0 spiro atoms. The molecule has 0 saturated carbocycles. The Morgan fingerprint density at radius 3 is 2.36 bits per heavy atom. The van der Waals surface area contributed by atoms with Gasteiger partial charge in [0.2, 0.25) is 0 Å². The summed E-state index contributed by atoms with van der Waals surface area (Å²) in [5.41, 5.74) is 4.58. The molecule has 0 saturated heterocycles. The molecular formula is C10H15BO3. The summed E-state index contributed by atoms with van der Waals surface area (Å²) >= 11 is 0. The molecule has 0 aromatic heterocycles. The number of hydrogen-bond acceptors (Lipinski definition) is 3. The third-order valence-corrected chi connectivity index (χ3v) is 2.56. The van der Waals surface area contributed by atoms with E-state index < -0.39 is 7.32 Å². The Hall–Kier alpha value is -0.835. The van der Waals surface area contributed by atoms with E-state index in [1.807, 2.05) is 32.9 Å². The zero-order valence-corrected chi connectivity index (χ0v) is 8.74. The lowest BCUT2D eigenvalue weighted by atomic mass is 9.99. The smallest absolute Gasteiger partial charge is 0.402 e. The molecule has 0 bridgehead atoms. The molecule has 0 unspecified atom stereocenters. The number of hydrogen-bond donors (Lipinski definition) is 2. The fraction of sp³-hybridized carbons (Fsp3) is 0.400. The van der Waals surface area contributed by atoms with Crippen LogP contribution < -0.4 is 0 Å². The van der Waals surface area contributed by atoms with Crippen LogP contribution in [-0.2, 0) is 11.3 Å². The van der Waals surface area contributed by atoms with Gasteiger partial charge in [0.15, 0.2) is 0 Å². The van der Waals surface area contributed by atoms with Gasteiger partial charge in [0, 0.05) is 0 Å². The van der Waals surface area contributed by atoms with E-state index in [2.05, 4.69) is 0 Å². The summed E-state index contributed by atoms with van der Waals surface area (Å²) in [6.45, 7) is 6.33. The number of rotatable bonds is 3. The molecular weight excluding hydrogens is 179 g/mol. The van der Waals surface area contributed by atoms with Crippen molar-refractivity contribution in [3.63, 3.8) is 0 Å². The summed E-state index contributed by atoms with van der Waals surface area (Å²) in [5.74, 6) is 0. The standard InChI is InChI=1S/C10H15BO3/c1-7-4-5-10(6-14-11(12)13)9(3)8(7)2/h4-5,12-13H,6H2,1-3H3. The van der Waals surface area contributed by atoms with Crippen LogP contribution in [0.3, 0.4) is 0 Å². The van der Waals surface area contributed by atoms with Crippen LogP contribution in [0.2, 0.25) is 0 Å². The Morgan fingerprint density at radius 2 is 1.79 bits per heavy atom. The van der Waals surface area contributed by atoms with E-state index in [0.717, 1.165) is 11.1 Å². The SMILES string of the molecule is Cc1ccc(COB(O)O)c(C)c1C. The quantitative estimate of drug-likeness (QED) is 0.708. The van der Waals surface area contributed by atoms with Crippen molar-refractivity contribution in [3.8, 4) is 0 Å².